The molecule has 9 nitrogen and oxygen atoms in total. The summed E-state index contributed by atoms with van der Waals surface area (Å²) >= 11 is 0. The van der Waals surface area contributed by atoms with E-state index in [9.17, 15) is 9.90 Å². The first kappa shape index (κ1) is 27.9. The molecular weight excluding hydrogens is 478 g/mol. The molecule has 0 saturated carbocycles. The van der Waals surface area contributed by atoms with Crippen LogP contribution < -0.4 is 14.8 Å². The van der Waals surface area contributed by atoms with Crippen molar-refractivity contribution >= 4 is 6.09 Å². The van der Waals surface area contributed by atoms with Crippen molar-refractivity contribution in [3.05, 3.63) is 95.6 Å². The first-order valence-electron chi connectivity index (χ1n) is 11.9. The number of aliphatic hydroxyl groups is 1. The molecule has 0 aromatic heterocycles. The number of aliphatic hydroxyl groups excluding tert-OH is 1. The minimum absolute atomic E-state index is 0.0137. The van der Waals surface area contributed by atoms with E-state index in [-0.39, 0.29) is 19.8 Å². The lowest BCUT2D eigenvalue weighted by atomic mass is 9.80. The van der Waals surface area contributed by atoms with Crippen molar-refractivity contribution in [1.82, 2.24) is 5.32 Å². The van der Waals surface area contributed by atoms with Gasteiger partial charge in [-0.2, -0.15) is 0 Å². The first-order chi connectivity index (χ1) is 18.0. The second-order valence-electron chi connectivity index (χ2n) is 8.19. The van der Waals surface area contributed by atoms with E-state index in [1.165, 1.54) is 0 Å². The molecule has 0 spiro atoms. The van der Waals surface area contributed by atoms with E-state index < -0.39 is 17.8 Å². The van der Waals surface area contributed by atoms with Crippen LogP contribution >= 0.6 is 0 Å². The summed E-state index contributed by atoms with van der Waals surface area (Å²) in [5.74, 6) is 1.40. The Hall–Kier alpha value is -3.63. The maximum Gasteiger partial charge on any atom is 0.404 e. The average Bonchev–Trinajstić information content (AvgIpc) is 2.93. The highest BCUT2D eigenvalue weighted by Gasteiger charge is 2.39. The van der Waals surface area contributed by atoms with Crippen molar-refractivity contribution in [3.8, 4) is 11.5 Å². The van der Waals surface area contributed by atoms with Gasteiger partial charge in [-0.25, -0.2) is 14.6 Å². The molecule has 3 aromatic rings. The highest BCUT2D eigenvalue weighted by molar-refractivity contribution is 5.64. The average molecular weight is 512 g/mol. The smallest absolute Gasteiger partial charge is 0.404 e. The van der Waals surface area contributed by atoms with Gasteiger partial charge in [-0.3, -0.25) is 0 Å². The van der Waals surface area contributed by atoms with Crippen molar-refractivity contribution in [2.24, 2.45) is 0 Å². The molecule has 0 radical (unpaired) electrons. The molecule has 0 saturated heterocycles. The summed E-state index contributed by atoms with van der Waals surface area (Å²) in [5, 5.41) is 21.2. The number of hydrogen-bond acceptors (Lipinski definition) is 7. The van der Waals surface area contributed by atoms with Gasteiger partial charge in [0.25, 0.3) is 0 Å². The van der Waals surface area contributed by atoms with Crippen LogP contribution in [-0.2, 0) is 20.1 Å². The fraction of sp³-hybridized carbons (Fsp3) is 0.321. The molecule has 3 aromatic carbocycles. The van der Waals surface area contributed by atoms with Crippen LogP contribution in [0, 0.1) is 0 Å². The summed E-state index contributed by atoms with van der Waals surface area (Å²) in [5.41, 5.74) is 1.24. The van der Waals surface area contributed by atoms with E-state index in [0.29, 0.717) is 24.5 Å². The summed E-state index contributed by atoms with van der Waals surface area (Å²) in [4.78, 5) is 22.3. The maximum absolute atomic E-state index is 10.5. The van der Waals surface area contributed by atoms with E-state index in [0.717, 1.165) is 16.7 Å². The number of amides is 1. The largest absolute Gasteiger partial charge is 0.497 e. The van der Waals surface area contributed by atoms with Crippen LogP contribution in [0.15, 0.2) is 78.9 Å². The molecule has 0 fully saturated rings. The molecule has 1 atom stereocenters. The van der Waals surface area contributed by atoms with Crippen molar-refractivity contribution in [3.63, 3.8) is 0 Å². The van der Waals surface area contributed by atoms with Gasteiger partial charge in [-0.1, -0.05) is 54.6 Å². The first-order valence-corrected chi connectivity index (χ1v) is 11.9. The lowest BCUT2D eigenvalue weighted by Gasteiger charge is -2.34. The molecular formula is C28H33NO8. The molecule has 9 heteroatoms. The Morgan fingerprint density at radius 3 is 1.89 bits per heavy atom. The van der Waals surface area contributed by atoms with E-state index >= 15 is 0 Å². The lowest BCUT2D eigenvalue weighted by Crippen LogP contribution is -2.34. The predicted octanol–water partition coefficient (Wildman–Crippen LogP) is 3.98. The van der Waals surface area contributed by atoms with E-state index in [2.05, 4.69) is 5.32 Å². The molecule has 0 heterocycles. The zero-order valence-electron chi connectivity index (χ0n) is 21.0. The third kappa shape index (κ3) is 7.68. The number of rotatable bonds is 15. The Morgan fingerprint density at radius 2 is 1.38 bits per heavy atom. The molecule has 37 heavy (non-hydrogen) atoms. The molecule has 0 aliphatic carbocycles. The Kier molecular flexibility index (Phi) is 10.7. The van der Waals surface area contributed by atoms with Crippen LogP contribution in [0.1, 0.15) is 23.1 Å². The van der Waals surface area contributed by atoms with E-state index in [4.69, 9.17) is 29.1 Å². The van der Waals surface area contributed by atoms with Crippen molar-refractivity contribution in [2.45, 2.75) is 18.1 Å². The molecule has 198 valence electrons. The lowest BCUT2D eigenvalue weighted by molar-refractivity contribution is -0.353. The molecule has 1 unspecified atom stereocenters. The number of nitrogens with one attached hydrogen (secondary N) is 1. The van der Waals surface area contributed by atoms with Crippen LogP contribution in [0.25, 0.3) is 0 Å². The van der Waals surface area contributed by atoms with E-state index in [1.807, 2.05) is 78.9 Å². The number of benzene rings is 3. The minimum atomic E-state index is -1.16. The zero-order valence-corrected chi connectivity index (χ0v) is 21.0. The Bertz CT molecular complexity index is 1030. The Morgan fingerprint density at radius 1 is 0.838 bits per heavy atom. The zero-order chi connectivity index (χ0) is 26.5. The Balaban J connectivity index is 1.81. The second-order valence-corrected chi connectivity index (χ2v) is 8.19. The summed E-state index contributed by atoms with van der Waals surface area (Å²) in [6.45, 7) is 0.437. The van der Waals surface area contributed by atoms with E-state index in [1.54, 1.807) is 14.2 Å². The second kappa shape index (κ2) is 14.2. The number of carbonyl (C=O) groups is 1. The highest BCUT2D eigenvalue weighted by Crippen LogP contribution is 2.41. The van der Waals surface area contributed by atoms with Crippen molar-refractivity contribution in [1.29, 1.82) is 0 Å². The molecule has 3 rings (SSSR count). The van der Waals surface area contributed by atoms with Gasteiger partial charge in [-0.05, 0) is 47.4 Å². The summed E-state index contributed by atoms with van der Waals surface area (Å²) < 4.78 is 16.1. The highest BCUT2D eigenvalue weighted by atomic mass is 17.2. The van der Waals surface area contributed by atoms with Crippen LogP contribution in [0.5, 0.6) is 11.5 Å². The van der Waals surface area contributed by atoms with Gasteiger partial charge in [0.15, 0.2) is 5.60 Å². The quantitative estimate of drug-likeness (QED) is 0.121. The van der Waals surface area contributed by atoms with Crippen molar-refractivity contribution < 1.29 is 39.0 Å². The van der Waals surface area contributed by atoms with Gasteiger partial charge < -0.3 is 29.7 Å². The summed E-state index contributed by atoms with van der Waals surface area (Å²) in [6, 6.07) is 24.7. The van der Waals surface area contributed by atoms with Crippen LogP contribution in [0.2, 0.25) is 0 Å². The number of carboxylic acid groups (broad SMARTS) is 1. The molecule has 0 aliphatic rings. The van der Waals surface area contributed by atoms with Gasteiger partial charge in [-0.15, -0.1) is 0 Å². The van der Waals surface area contributed by atoms with Gasteiger partial charge in [0.05, 0.1) is 20.8 Å². The monoisotopic (exact) mass is 511 g/mol. The van der Waals surface area contributed by atoms with Crippen molar-refractivity contribution in [2.75, 3.05) is 40.6 Å². The third-order valence-electron chi connectivity index (χ3n) is 5.67. The fourth-order valence-corrected chi connectivity index (χ4v) is 3.81. The topological polar surface area (TPSA) is 116 Å². The number of methoxy groups -OCH3 is 2. The number of hydrogen-bond donors (Lipinski definition) is 3. The minimum Gasteiger partial charge on any atom is -0.497 e. The molecule has 1 amide bonds. The standard InChI is InChI=1S/C28H33NO8/c1-33-25-13-9-22(10-14-25)28(21-7-4-3-5-8-21,23-11-15-26(34-2)16-12-23)37-36-20-24(30)19-35-18-6-17-29-27(31)32/h3-5,7-16,24,29-30H,6,17-20H2,1-2H3,(H,31,32). The predicted molar refractivity (Wildman–Crippen MR) is 137 cm³/mol. The van der Waals surface area contributed by atoms with Crippen LogP contribution in [-0.4, -0.2) is 63.0 Å². The normalized spacial score (nSPS) is 12.1. The fourth-order valence-electron chi connectivity index (χ4n) is 3.81. The summed E-state index contributed by atoms with van der Waals surface area (Å²) in [7, 11) is 3.21. The third-order valence-corrected chi connectivity index (χ3v) is 5.67. The molecule has 0 bridgehead atoms. The molecule has 3 N–H and O–H groups in total. The SMILES string of the molecule is COc1ccc(C(OOCC(O)COCCCNC(=O)O)(c2ccccc2)c2ccc(OC)cc2)cc1. The number of ether oxygens (including phenoxy) is 3. The van der Waals surface area contributed by atoms with Crippen LogP contribution in [0.4, 0.5) is 4.79 Å². The maximum atomic E-state index is 10.5. The van der Waals surface area contributed by atoms with Gasteiger partial charge in [0.1, 0.15) is 24.2 Å². The molecule has 0 aliphatic heterocycles. The Labute approximate surface area is 216 Å². The summed E-state index contributed by atoms with van der Waals surface area (Å²) in [6.07, 6.45) is -1.54. The van der Waals surface area contributed by atoms with Crippen LogP contribution in [0.3, 0.4) is 0 Å². The van der Waals surface area contributed by atoms with Gasteiger partial charge in [0, 0.05) is 13.2 Å². The van der Waals surface area contributed by atoms with Gasteiger partial charge >= 0.3 is 6.09 Å². The van der Waals surface area contributed by atoms with Gasteiger partial charge in [0.2, 0.25) is 0 Å².